The van der Waals surface area contributed by atoms with Gasteiger partial charge in [0.15, 0.2) is 5.78 Å². The van der Waals surface area contributed by atoms with Crippen LogP contribution in [0.5, 0.6) is 0 Å². The molecule has 128 valence electrons. The van der Waals surface area contributed by atoms with Crippen LogP contribution in [0.4, 0.5) is 0 Å². The van der Waals surface area contributed by atoms with Gasteiger partial charge in [0.25, 0.3) is 0 Å². The van der Waals surface area contributed by atoms with Crippen LogP contribution in [0.15, 0.2) is 48.8 Å². The number of carbonyl (C=O) groups excluding carboxylic acids is 2. The van der Waals surface area contributed by atoms with Gasteiger partial charge in [0.1, 0.15) is 4.88 Å². The number of rotatable bonds is 5. The van der Waals surface area contributed by atoms with Crippen LogP contribution in [0, 0.1) is 6.92 Å². The molecule has 0 N–H and O–H groups in total. The van der Waals surface area contributed by atoms with Gasteiger partial charge in [-0.25, -0.2) is 4.79 Å². The first kappa shape index (κ1) is 17.2. The SMILES string of the molecule is CCC(=O)c1ccc(-c2sc(C(=O)OC)c(-n3cccc3)c2C)cc1. The fourth-order valence-electron chi connectivity index (χ4n) is 2.82. The molecule has 25 heavy (non-hydrogen) atoms. The molecule has 0 fully saturated rings. The summed E-state index contributed by atoms with van der Waals surface area (Å²) in [4.78, 5) is 25.6. The molecule has 0 radical (unpaired) electrons. The van der Waals surface area contributed by atoms with Gasteiger partial charge in [0, 0.05) is 29.3 Å². The van der Waals surface area contributed by atoms with Crippen LogP contribution in [0.2, 0.25) is 0 Å². The standard InChI is InChI=1S/C20H19NO3S/c1-4-16(22)14-7-9-15(10-8-14)18-13(2)17(21-11-5-6-12-21)19(25-18)20(23)24-3/h5-12H,4H2,1-3H3. The molecule has 0 aliphatic rings. The van der Waals surface area contributed by atoms with E-state index in [2.05, 4.69) is 0 Å². The summed E-state index contributed by atoms with van der Waals surface area (Å²) in [6.07, 6.45) is 4.31. The largest absolute Gasteiger partial charge is 0.465 e. The Bertz CT molecular complexity index is 905. The Labute approximate surface area is 150 Å². The number of benzene rings is 1. The third-order valence-electron chi connectivity index (χ3n) is 4.14. The molecule has 0 atom stereocenters. The van der Waals surface area contributed by atoms with Crippen LogP contribution in [0.3, 0.4) is 0 Å². The van der Waals surface area contributed by atoms with Crippen molar-refractivity contribution in [2.75, 3.05) is 7.11 Å². The van der Waals surface area contributed by atoms with E-state index < -0.39 is 0 Å². The van der Waals surface area contributed by atoms with Gasteiger partial charge in [-0.3, -0.25) is 4.79 Å². The van der Waals surface area contributed by atoms with Crippen molar-refractivity contribution < 1.29 is 14.3 Å². The number of Topliss-reactive ketones (excluding diaryl/α,β-unsaturated/α-hetero) is 1. The molecule has 0 amide bonds. The number of methoxy groups -OCH3 is 1. The summed E-state index contributed by atoms with van der Waals surface area (Å²) in [6, 6.07) is 11.4. The second kappa shape index (κ2) is 7.07. The lowest BCUT2D eigenvalue weighted by molar-refractivity contribution is 0.0606. The molecule has 0 bridgehead atoms. The first-order valence-corrected chi connectivity index (χ1v) is 8.87. The fraction of sp³-hybridized carbons (Fsp3) is 0.200. The van der Waals surface area contributed by atoms with E-state index in [9.17, 15) is 9.59 Å². The number of ether oxygens (including phenoxy) is 1. The molecule has 0 aliphatic heterocycles. The molecule has 1 aromatic carbocycles. The maximum Gasteiger partial charge on any atom is 0.350 e. The van der Waals surface area contributed by atoms with Gasteiger partial charge < -0.3 is 9.30 Å². The number of esters is 1. The van der Waals surface area contributed by atoms with Crippen molar-refractivity contribution in [2.24, 2.45) is 0 Å². The highest BCUT2D eigenvalue weighted by Crippen LogP contribution is 2.39. The number of ketones is 1. The van der Waals surface area contributed by atoms with Crippen LogP contribution in [-0.2, 0) is 4.74 Å². The molecular formula is C20H19NO3S. The van der Waals surface area contributed by atoms with E-state index in [1.54, 1.807) is 0 Å². The highest BCUT2D eigenvalue weighted by Gasteiger charge is 2.23. The molecule has 2 aromatic heterocycles. The number of carbonyl (C=O) groups is 2. The lowest BCUT2D eigenvalue weighted by atomic mass is 10.0. The zero-order chi connectivity index (χ0) is 18.0. The number of hydrogen-bond acceptors (Lipinski definition) is 4. The summed E-state index contributed by atoms with van der Waals surface area (Å²) in [5, 5.41) is 0. The van der Waals surface area contributed by atoms with E-state index in [-0.39, 0.29) is 11.8 Å². The highest BCUT2D eigenvalue weighted by atomic mass is 32.1. The van der Waals surface area contributed by atoms with Gasteiger partial charge in [-0.1, -0.05) is 31.2 Å². The molecule has 4 nitrogen and oxygen atoms in total. The monoisotopic (exact) mass is 353 g/mol. The molecule has 2 heterocycles. The Morgan fingerprint density at radius 2 is 1.76 bits per heavy atom. The molecule has 0 saturated heterocycles. The number of hydrogen-bond donors (Lipinski definition) is 0. The molecule has 3 rings (SSSR count). The Hall–Kier alpha value is -2.66. The van der Waals surface area contributed by atoms with Gasteiger partial charge >= 0.3 is 5.97 Å². The Morgan fingerprint density at radius 1 is 1.12 bits per heavy atom. The lowest BCUT2D eigenvalue weighted by Crippen LogP contribution is -2.04. The zero-order valence-corrected chi connectivity index (χ0v) is 15.2. The van der Waals surface area contributed by atoms with E-state index in [0.29, 0.717) is 16.9 Å². The first-order chi connectivity index (χ1) is 12.1. The van der Waals surface area contributed by atoms with Crippen molar-refractivity contribution >= 4 is 23.1 Å². The van der Waals surface area contributed by atoms with Crippen LogP contribution >= 0.6 is 11.3 Å². The number of aromatic nitrogens is 1. The Morgan fingerprint density at radius 3 is 2.32 bits per heavy atom. The van der Waals surface area contributed by atoms with Crippen molar-refractivity contribution in [1.29, 1.82) is 0 Å². The van der Waals surface area contributed by atoms with E-state index >= 15 is 0 Å². The van der Waals surface area contributed by atoms with Gasteiger partial charge in [-0.15, -0.1) is 11.3 Å². The van der Waals surface area contributed by atoms with Crippen molar-refractivity contribution in [2.45, 2.75) is 20.3 Å². The molecule has 3 aromatic rings. The minimum Gasteiger partial charge on any atom is -0.465 e. The predicted molar refractivity (Wildman–Crippen MR) is 99.8 cm³/mol. The van der Waals surface area contributed by atoms with Crippen molar-refractivity contribution in [3.63, 3.8) is 0 Å². The van der Waals surface area contributed by atoms with Crippen LogP contribution in [0.25, 0.3) is 16.1 Å². The minimum atomic E-state index is -0.346. The normalized spacial score (nSPS) is 10.7. The van der Waals surface area contributed by atoms with E-state index in [1.807, 2.05) is 67.2 Å². The van der Waals surface area contributed by atoms with Crippen LogP contribution < -0.4 is 0 Å². The molecule has 0 unspecified atom stereocenters. The highest BCUT2D eigenvalue weighted by molar-refractivity contribution is 7.18. The molecule has 5 heteroatoms. The number of nitrogens with zero attached hydrogens (tertiary/aromatic N) is 1. The zero-order valence-electron chi connectivity index (χ0n) is 14.4. The topological polar surface area (TPSA) is 48.3 Å². The van der Waals surface area contributed by atoms with E-state index in [0.717, 1.165) is 21.7 Å². The van der Waals surface area contributed by atoms with Gasteiger partial charge in [0.2, 0.25) is 0 Å². The van der Waals surface area contributed by atoms with E-state index in [4.69, 9.17) is 4.74 Å². The minimum absolute atomic E-state index is 0.123. The molecular weight excluding hydrogens is 334 g/mol. The molecule has 0 aliphatic carbocycles. The Kier molecular flexibility index (Phi) is 4.86. The average molecular weight is 353 g/mol. The van der Waals surface area contributed by atoms with Crippen LogP contribution in [0.1, 0.15) is 38.9 Å². The second-order valence-electron chi connectivity index (χ2n) is 5.67. The van der Waals surface area contributed by atoms with Crippen molar-refractivity contribution in [1.82, 2.24) is 4.57 Å². The maximum absolute atomic E-state index is 12.2. The maximum atomic E-state index is 12.2. The first-order valence-electron chi connectivity index (χ1n) is 8.05. The number of thiophene rings is 1. The predicted octanol–water partition coefficient (Wildman–Crippen LogP) is 4.89. The summed E-state index contributed by atoms with van der Waals surface area (Å²) in [5.41, 5.74) is 3.54. The lowest BCUT2D eigenvalue weighted by Gasteiger charge is -2.06. The summed E-state index contributed by atoms with van der Waals surface area (Å²) < 4.78 is 6.88. The van der Waals surface area contributed by atoms with Crippen LogP contribution in [-0.4, -0.2) is 23.4 Å². The average Bonchev–Trinajstić information content (AvgIpc) is 3.28. The third kappa shape index (κ3) is 3.15. The van der Waals surface area contributed by atoms with Gasteiger partial charge in [-0.05, 0) is 30.2 Å². The second-order valence-corrected chi connectivity index (χ2v) is 6.69. The van der Waals surface area contributed by atoms with Crippen molar-refractivity contribution in [3.8, 4) is 16.1 Å². The molecule has 0 saturated carbocycles. The summed E-state index contributed by atoms with van der Waals surface area (Å²) in [5.74, 6) is -0.224. The molecule has 0 spiro atoms. The smallest absolute Gasteiger partial charge is 0.350 e. The van der Waals surface area contributed by atoms with Crippen molar-refractivity contribution in [3.05, 3.63) is 64.8 Å². The van der Waals surface area contributed by atoms with Gasteiger partial charge in [0.05, 0.1) is 12.8 Å². The summed E-state index contributed by atoms with van der Waals surface area (Å²) >= 11 is 1.41. The fourth-order valence-corrected chi connectivity index (χ4v) is 4.05. The summed E-state index contributed by atoms with van der Waals surface area (Å²) in [7, 11) is 1.39. The summed E-state index contributed by atoms with van der Waals surface area (Å²) in [6.45, 7) is 3.85. The Balaban J connectivity index is 2.11. The third-order valence-corrected chi connectivity index (χ3v) is 5.45. The van der Waals surface area contributed by atoms with Gasteiger partial charge in [-0.2, -0.15) is 0 Å². The van der Waals surface area contributed by atoms with E-state index in [1.165, 1.54) is 18.4 Å². The quantitative estimate of drug-likeness (QED) is 0.484.